The Morgan fingerprint density at radius 2 is 2.00 bits per heavy atom. The van der Waals surface area contributed by atoms with Gasteiger partial charge in [0.2, 0.25) is 0 Å². The number of rotatable bonds is 3. The van der Waals surface area contributed by atoms with Crippen LogP contribution in [0.2, 0.25) is 5.02 Å². The summed E-state index contributed by atoms with van der Waals surface area (Å²) in [6.45, 7) is 1.24. The molecule has 2 aromatic rings. The van der Waals surface area contributed by atoms with E-state index in [1.54, 1.807) is 4.90 Å². The van der Waals surface area contributed by atoms with Crippen molar-refractivity contribution < 1.29 is 14.3 Å². The molecule has 1 fully saturated rings. The van der Waals surface area contributed by atoms with Crippen molar-refractivity contribution in [3.63, 3.8) is 0 Å². The molecule has 1 aliphatic heterocycles. The van der Waals surface area contributed by atoms with Gasteiger partial charge in [-0.05, 0) is 48.6 Å². The Morgan fingerprint density at radius 1 is 1.26 bits per heavy atom. The van der Waals surface area contributed by atoms with Gasteiger partial charge in [-0.2, -0.15) is 0 Å². The van der Waals surface area contributed by atoms with Gasteiger partial charge in [-0.1, -0.05) is 23.7 Å². The van der Waals surface area contributed by atoms with Crippen molar-refractivity contribution in [2.45, 2.75) is 12.8 Å². The Bertz CT molecular complexity index is 717. The smallest absolute Gasteiger partial charge is 0.256 e. The molecule has 1 amide bonds. The van der Waals surface area contributed by atoms with E-state index in [0.29, 0.717) is 24.0 Å². The Labute approximate surface area is 139 Å². The summed E-state index contributed by atoms with van der Waals surface area (Å²) < 4.78 is 13.8. The summed E-state index contributed by atoms with van der Waals surface area (Å²) in [5, 5.41) is 9.94. The van der Waals surface area contributed by atoms with E-state index in [1.807, 2.05) is 24.3 Å². The van der Waals surface area contributed by atoms with E-state index < -0.39 is 5.82 Å². The molecule has 0 radical (unpaired) electrons. The zero-order valence-electron chi connectivity index (χ0n) is 12.5. The van der Waals surface area contributed by atoms with E-state index in [4.69, 9.17) is 11.6 Å². The predicted octanol–water partition coefficient (Wildman–Crippen LogP) is 3.89. The van der Waals surface area contributed by atoms with Crippen LogP contribution in [0.1, 0.15) is 22.3 Å². The molecule has 23 heavy (non-hydrogen) atoms. The van der Waals surface area contributed by atoms with Crippen molar-refractivity contribution in [3.05, 3.63) is 64.4 Å². The minimum atomic E-state index is -0.684. The molecule has 0 aromatic heterocycles. The maximum Gasteiger partial charge on any atom is 0.256 e. The lowest BCUT2D eigenvalue weighted by Crippen LogP contribution is -2.29. The van der Waals surface area contributed by atoms with Gasteiger partial charge in [0.1, 0.15) is 11.6 Å². The average Bonchev–Trinajstić information content (AvgIpc) is 2.97. The van der Waals surface area contributed by atoms with Crippen LogP contribution in [0.25, 0.3) is 0 Å². The highest BCUT2D eigenvalue weighted by atomic mass is 35.5. The van der Waals surface area contributed by atoms with E-state index in [-0.39, 0.29) is 17.2 Å². The molecular formula is C18H17ClFNO2. The van der Waals surface area contributed by atoms with E-state index in [1.165, 1.54) is 17.7 Å². The summed E-state index contributed by atoms with van der Waals surface area (Å²) in [5.41, 5.74) is 1.19. The third-order valence-corrected chi connectivity index (χ3v) is 4.45. The van der Waals surface area contributed by atoms with Gasteiger partial charge in [0, 0.05) is 24.2 Å². The maximum absolute atomic E-state index is 13.8. The van der Waals surface area contributed by atoms with Crippen LogP contribution in [-0.4, -0.2) is 29.0 Å². The van der Waals surface area contributed by atoms with Crippen molar-refractivity contribution >= 4 is 17.5 Å². The molecule has 1 atom stereocenters. The number of nitrogens with zero attached hydrogens (tertiary/aromatic N) is 1. The number of likely N-dealkylation sites (tertiary alicyclic amines) is 1. The van der Waals surface area contributed by atoms with Crippen LogP contribution in [0.15, 0.2) is 42.5 Å². The molecular weight excluding hydrogens is 317 g/mol. The largest absolute Gasteiger partial charge is 0.508 e. The fourth-order valence-electron chi connectivity index (χ4n) is 2.99. The summed E-state index contributed by atoms with van der Waals surface area (Å²) in [7, 11) is 0. The topological polar surface area (TPSA) is 40.5 Å². The molecule has 1 unspecified atom stereocenters. The second kappa shape index (κ2) is 6.59. The number of benzene rings is 2. The van der Waals surface area contributed by atoms with E-state index in [0.717, 1.165) is 18.9 Å². The third-order valence-electron chi connectivity index (χ3n) is 4.19. The Morgan fingerprint density at radius 3 is 2.70 bits per heavy atom. The minimum Gasteiger partial charge on any atom is -0.508 e. The van der Waals surface area contributed by atoms with Gasteiger partial charge in [0.15, 0.2) is 0 Å². The summed E-state index contributed by atoms with van der Waals surface area (Å²) in [4.78, 5) is 14.1. The molecule has 0 saturated carbocycles. The first-order valence-electron chi connectivity index (χ1n) is 7.55. The third kappa shape index (κ3) is 3.64. The summed E-state index contributed by atoms with van der Waals surface area (Å²) >= 11 is 5.88. The van der Waals surface area contributed by atoms with Crippen molar-refractivity contribution in [1.82, 2.24) is 4.90 Å². The van der Waals surface area contributed by atoms with Gasteiger partial charge in [-0.15, -0.1) is 0 Å². The first-order valence-corrected chi connectivity index (χ1v) is 7.93. The summed E-state index contributed by atoms with van der Waals surface area (Å²) in [6.07, 6.45) is 1.77. The van der Waals surface area contributed by atoms with Crippen LogP contribution in [0.5, 0.6) is 5.75 Å². The zero-order valence-corrected chi connectivity index (χ0v) is 13.3. The predicted molar refractivity (Wildman–Crippen MR) is 87.2 cm³/mol. The Kier molecular flexibility index (Phi) is 4.53. The van der Waals surface area contributed by atoms with E-state index >= 15 is 0 Å². The Hall–Kier alpha value is -2.07. The number of phenols is 1. The van der Waals surface area contributed by atoms with Gasteiger partial charge < -0.3 is 10.0 Å². The number of carbonyl (C=O) groups excluding carboxylic acids is 1. The lowest BCUT2D eigenvalue weighted by molar-refractivity contribution is 0.0782. The molecule has 3 rings (SSSR count). The first kappa shape index (κ1) is 15.8. The second-order valence-electron chi connectivity index (χ2n) is 5.90. The molecule has 1 heterocycles. The van der Waals surface area contributed by atoms with E-state index in [2.05, 4.69) is 0 Å². The van der Waals surface area contributed by atoms with Crippen LogP contribution in [0.4, 0.5) is 4.39 Å². The highest BCUT2D eigenvalue weighted by molar-refractivity contribution is 6.30. The number of hydrogen-bond acceptors (Lipinski definition) is 2. The van der Waals surface area contributed by atoms with Crippen LogP contribution in [0, 0.1) is 11.7 Å². The lowest BCUT2D eigenvalue weighted by atomic mass is 9.99. The minimum absolute atomic E-state index is 0.00921. The molecule has 5 heteroatoms. The maximum atomic E-state index is 13.8. The molecule has 120 valence electrons. The second-order valence-corrected chi connectivity index (χ2v) is 6.34. The number of amides is 1. The van der Waals surface area contributed by atoms with Crippen LogP contribution in [0.3, 0.4) is 0 Å². The van der Waals surface area contributed by atoms with Crippen molar-refractivity contribution in [1.29, 1.82) is 0 Å². The van der Waals surface area contributed by atoms with Gasteiger partial charge in [0.05, 0.1) is 5.56 Å². The van der Waals surface area contributed by atoms with Crippen LogP contribution >= 0.6 is 11.6 Å². The fraction of sp³-hybridized carbons (Fsp3) is 0.278. The molecule has 1 saturated heterocycles. The number of hydrogen-bond donors (Lipinski definition) is 1. The number of halogens is 2. The number of aromatic hydroxyl groups is 1. The number of carbonyl (C=O) groups is 1. The highest BCUT2D eigenvalue weighted by Gasteiger charge is 2.28. The van der Waals surface area contributed by atoms with E-state index in [9.17, 15) is 14.3 Å². The van der Waals surface area contributed by atoms with Crippen LogP contribution in [-0.2, 0) is 6.42 Å². The fourth-order valence-corrected chi connectivity index (χ4v) is 3.11. The molecule has 1 aliphatic rings. The summed E-state index contributed by atoms with van der Waals surface area (Å²) in [6, 6.07) is 11.3. The van der Waals surface area contributed by atoms with Crippen molar-refractivity contribution in [2.75, 3.05) is 13.1 Å². The molecule has 2 aromatic carbocycles. The molecule has 3 nitrogen and oxygen atoms in total. The monoisotopic (exact) mass is 333 g/mol. The molecule has 1 N–H and O–H groups in total. The average molecular weight is 334 g/mol. The van der Waals surface area contributed by atoms with Crippen LogP contribution < -0.4 is 0 Å². The Balaban J connectivity index is 1.65. The summed E-state index contributed by atoms with van der Waals surface area (Å²) in [5.74, 6) is -0.821. The quantitative estimate of drug-likeness (QED) is 0.925. The SMILES string of the molecule is O=C(c1ccc(O)cc1F)N1CCC(Cc2ccc(Cl)cc2)C1. The highest BCUT2D eigenvalue weighted by Crippen LogP contribution is 2.24. The van der Waals surface area contributed by atoms with Gasteiger partial charge in [0.25, 0.3) is 5.91 Å². The van der Waals surface area contributed by atoms with Crippen molar-refractivity contribution in [2.24, 2.45) is 5.92 Å². The number of phenolic OH excluding ortho intramolecular Hbond substituents is 1. The lowest BCUT2D eigenvalue weighted by Gasteiger charge is -2.17. The molecule has 0 spiro atoms. The molecule has 0 bridgehead atoms. The van der Waals surface area contributed by atoms with Gasteiger partial charge in [-0.3, -0.25) is 4.79 Å². The zero-order chi connectivity index (χ0) is 16.4. The normalized spacial score (nSPS) is 17.5. The van der Waals surface area contributed by atoms with Gasteiger partial charge in [-0.25, -0.2) is 4.39 Å². The first-order chi connectivity index (χ1) is 11.0. The molecule has 0 aliphatic carbocycles. The standard InChI is InChI=1S/C18H17ClFNO2/c19-14-3-1-12(2-4-14)9-13-7-8-21(11-13)18(23)16-6-5-15(22)10-17(16)20/h1-6,10,13,22H,7-9,11H2. The van der Waals surface area contributed by atoms with Crippen molar-refractivity contribution in [3.8, 4) is 5.75 Å². The van der Waals surface area contributed by atoms with Gasteiger partial charge >= 0.3 is 0 Å².